The molecule has 1 aliphatic carbocycles. The molecule has 24 heavy (non-hydrogen) atoms. The van der Waals surface area contributed by atoms with Crippen LogP contribution in [0.15, 0.2) is 71.2 Å². The summed E-state index contributed by atoms with van der Waals surface area (Å²) in [5.74, 6) is 0.546. The first-order chi connectivity index (χ1) is 11.7. The van der Waals surface area contributed by atoms with Gasteiger partial charge in [0.05, 0.1) is 5.71 Å². The van der Waals surface area contributed by atoms with Crippen molar-refractivity contribution in [1.29, 1.82) is 0 Å². The normalized spacial score (nSPS) is 22.2. The van der Waals surface area contributed by atoms with Crippen molar-refractivity contribution in [3.63, 3.8) is 0 Å². The van der Waals surface area contributed by atoms with Crippen molar-refractivity contribution < 1.29 is 9.47 Å². The van der Waals surface area contributed by atoms with Crippen LogP contribution in [0.4, 0.5) is 0 Å². The average Bonchev–Trinajstić information content (AvgIpc) is 2.62. The van der Waals surface area contributed by atoms with Gasteiger partial charge in [0.1, 0.15) is 12.3 Å². The number of fused-ring (bicyclic) bond motifs is 3. The molecule has 0 fully saturated rings. The zero-order chi connectivity index (χ0) is 16.6. The van der Waals surface area contributed by atoms with Gasteiger partial charge < -0.3 is 9.47 Å². The zero-order valence-corrected chi connectivity index (χ0v) is 14.1. The Balaban J connectivity index is 1.64. The molecule has 3 heteroatoms. The molecule has 0 radical (unpaired) electrons. The van der Waals surface area contributed by atoms with Crippen molar-refractivity contribution in [3.8, 4) is 0 Å². The third-order valence-corrected chi connectivity index (χ3v) is 4.75. The molecule has 0 bridgehead atoms. The van der Waals surface area contributed by atoms with Gasteiger partial charge in [0, 0.05) is 5.56 Å². The molecule has 2 aliphatic rings. The van der Waals surface area contributed by atoms with Crippen molar-refractivity contribution in [2.75, 3.05) is 0 Å². The van der Waals surface area contributed by atoms with Crippen LogP contribution in [0.3, 0.4) is 0 Å². The molecule has 4 rings (SSSR count). The summed E-state index contributed by atoms with van der Waals surface area (Å²) in [6, 6.07) is 18.6. The third kappa shape index (κ3) is 2.60. The maximum atomic E-state index is 6.30. The Bertz CT molecular complexity index is 823. The van der Waals surface area contributed by atoms with E-state index in [1.807, 2.05) is 37.3 Å². The molecule has 3 nitrogen and oxygen atoms in total. The molecule has 0 aromatic heterocycles. The number of benzene rings is 2. The lowest BCUT2D eigenvalue weighted by molar-refractivity contribution is -0.0449. The number of rotatable bonds is 3. The van der Waals surface area contributed by atoms with E-state index in [0.29, 0.717) is 12.6 Å². The molecule has 1 unspecified atom stereocenters. The minimum Gasteiger partial charge on any atom is -0.459 e. The highest BCUT2D eigenvalue weighted by atomic mass is 16.7. The molecule has 0 spiro atoms. The van der Waals surface area contributed by atoms with E-state index in [2.05, 4.69) is 31.2 Å². The first kappa shape index (κ1) is 15.0. The van der Waals surface area contributed by atoms with Crippen molar-refractivity contribution >= 4 is 5.71 Å². The molecular formula is C21H21NO2. The number of aryl methyl sites for hydroxylation is 1. The molecule has 1 aliphatic heterocycles. The Morgan fingerprint density at radius 3 is 2.67 bits per heavy atom. The molecule has 0 saturated heterocycles. The van der Waals surface area contributed by atoms with Gasteiger partial charge in [-0.1, -0.05) is 54.6 Å². The quantitative estimate of drug-likeness (QED) is 0.826. The Kier molecular flexibility index (Phi) is 3.64. The van der Waals surface area contributed by atoms with Crippen LogP contribution in [0.5, 0.6) is 0 Å². The minimum absolute atomic E-state index is 0.417. The molecule has 2 aromatic carbocycles. The van der Waals surface area contributed by atoms with E-state index in [4.69, 9.17) is 14.5 Å². The third-order valence-electron chi connectivity index (χ3n) is 4.75. The summed E-state index contributed by atoms with van der Waals surface area (Å²) in [5, 5.41) is 0. The molecule has 1 heterocycles. The summed E-state index contributed by atoms with van der Waals surface area (Å²) in [4.78, 5) is 4.86. The fraction of sp³-hybridized carbons (Fsp3) is 0.286. The SMILES string of the molecule is CC1=C(OCc2ccccc2)OC2(C)CCc3ccccc3C2=N1. The first-order valence-corrected chi connectivity index (χ1v) is 8.40. The Morgan fingerprint density at radius 2 is 1.83 bits per heavy atom. The van der Waals surface area contributed by atoms with Gasteiger partial charge in [0.25, 0.3) is 0 Å². The number of allylic oxidation sites excluding steroid dienone is 1. The predicted molar refractivity (Wildman–Crippen MR) is 94.7 cm³/mol. The van der Waals surface area contributed by atoms with Crippen LogP contribution in [0.1, 0.15) is 37.0 Å². The van der Waals surface area contributed by atoms with Gasteiger partial charge in [-0.2, -0.15) is 0 Å². The number of aliphatic imine (C=N–C) groups is 1. The van der Waals surface area contributed by atoms with Crippen LogP contribution in [0.25, 0.3) is 0 Å². The summed E-state index contributed by atoms with van der Waals surface area (Å²) in [5.41, 5.74) is 5.07. The molecule has 0 saturated carbocycles. The van der Waals surface area contributed by atoms with Crippen LogP contribution in [-0.4, -0.2) is 11.3 Å². The molecule has 122 valence electrons. The lowest BCUT2D eigenvalue weighted by Crippen LogP contribution is -2.45. The highest BCUT2D eigenvalue weighted by Gasteiger charge is 2.42. The standard InChI is InChI=1S/C21H21NO2/c1-15-20(23-14-16-8-4-3-5-9-16)24-21(2)13-12-17-10-6-7-11-18(17)19(21)22-15/h3-11H,12-14H2,1-2H3. The maximum absolute atomic E-state index is 6.30. The zero-order valence-electron chi connectivity index (χ0n) is 14.1. The molecule has 1 atom stereocenters. The van der Waals surface area contributed by atoms with E-state index in [9.17, 15) is 0 Å². The molecule has 0 amide bonds. The van der Waals surface area contributed by atoms with Crippen LogP contribution in [0, 0.1) is 0 Å². The number of hydrogen-bond donors (Lipinski definition) is 0. The van der Waals surface area contributed by atoms with E-state index < -0.39 is 5.60 Å². The topological polar surface area (TPSA) is 30.8 Å². The van der Waals surface area contributed by atoms with Gasteiger partial charge >= 0.3 is 5.95 Å². The lowest BCUT2D eigenvalue weighted by atomic mass is 9.79. The highest BCUT2D eigenvalue weighted by Crippen LogP contribution is 2.38. The highest BCUT2D eigenvalue weighted by molar-refractivity contribution is 6.09. The summed E-state index contributed by atoms with van der Waals surface area (Å²) < 4.78 is 12.2. The van der Waals surface area contributed by atoms with Gasteiger partial charge in [-0.25, -0.2) is 4.99 Å². The largest absolute Gasteiger partial charge is 0.459 e. The second kappa shape index (κ2) is 5.82. The predicted octanol–water partition coefficient (Wildman–Crippen LogP) is 4.62. The van der Waals surface area contributed by atoms with Crippen LogP contribution >= 0.6 is 0 Å². The van der Waals surface area contributed by atoms with Crippen LogP contribution in [-0.2, 0) is 22.5 Å². The Morgan fingerprint density at radius 1 is 1.08 bits per heavy atom. The van der Waals surface area contributed by atoms with Crippen molar-refractivity contribution in [1.82, 2.24) is 0 Å². The maximum Gasteiger partial charge on any atom is 0.302 e. The first-order valence-electron chi connectivity index (χ1n) is 8.40. The minimum atomic E-state index is -0.417. The Hall–Kier alpha value is -2.55. The number of ether oxygens (including phenoxy) is 2. The molecule has 2 aromatic rings. The second-order valence-corrected chi connectivity index (χ2v) is 6.60. The Labute approximate surface area is 142 Å². The van der Waals surface area contributed by atoms with Crippen molar-refractivity contribution in [2.45, 2.75) is 38.9 Å². The van der Waals surface area contributed by atoms with E-state index >= 15 is 0 Å². The average molecular weight is 319 g/mol. The molecule has 0 N–H and O–H groups in total. The van der Waals surface area contributed by atoms with Gasteiger partial charge in [-0.15, -0.1) is 0 Å². The fourth-order valence-corrected chi connectivity index (χ4v) is 3.37. The van der Waals surface area contributed by atoms with Gasteiger partial charge in [-0.05, 0) is 37.8 Å². The monoisotopic (exact) mass is 319 g/mol. The van der Waals surface area contributed by atoms with E-state index in [1.165, 1.54) is 11.1 Å². The van der Waals surface area contributed by atoms with Gasteiger partial charge in [0.2, 0.25) is 0 Å². The van der Waals surface area contributed by atoms with E-state index in [-0.39, 0.29) is 0 Å². The summed E-state index contributed by atoms with van der Waals surface area (Å²) in [6.45, 7) is 4.55. The van der Waals surface area contributed by atoms with Crippen LogP contribution < -0.4 is 0 Å². The van der Waals surface area contributed by atoms with Crippen molar-refractivity contribution in [2.24, 2.45) is 4.99 Å². The number of hydrogen-bond acceptors (Lipinski definition) is 3. The second-order valence-electron chi connectivity index (χ2n) is 6.60. The smallest absolute Gasteiger partial charge is 0.302 e. The summed E-state index contributed by atoms with van der Waals surface area (Å²) in [7, 11) is 0. The summed E-state index contributed by atoms with van der Waals surface area (Å²) in [6.07, 6.45) is 1.91. The van der Waals surface area contributed by atoms with Gasteiger partial charge in [0.15, 0.2) is 5.60 Å². The summed E-state index contributed by atoms with van der Waals surface area (Å²) >= 11 is 0. The molecular weight excluding hydrogens is 298 g/mol. The van der Waals surface area contributed by atoms with E-state index in [0.717, 1.165) is 29.8 Å². The number of nitrogens with zero attached hydrogens (tertiary/aromatic N) is 1. The fourth-order valence-electron chi connectivity index (χ4n) is 3.37. The van der Waals surface area contributed by atoms with Crippen LogP contribution in [0.2, 0.25) is 0 Å². The van der Waals surface area contributed by atoms with Gasteiger partial charge in [-0.3, -0.25) is 0 Å². The van der Waals surface area contributed by atoms with Crippen molar-refractivity contribution in [3.05, 3.63) is 82.9 Å². The lowest BCUT2D eigenvalue weighted by Gasteiger charge is -2.39. The van der Waals surface area contributed by atoms with E-state index in [1.54, 1.807) is 0 Å².